The second-order valence-electron chi connectivity index (χ2n) is 15.9. The molecule has 0 amide bonds. The number of allylic oxidation sites excluding steroid dienone is 4. The Balaban J connectivity index is 1.11. The number of aromatic nitrogens is 5. The SMILES string of the molecule is C1=CC(c2nc(-c3ccccc3)nc(-c3cc(-c4ccc5c6ccccc6n(-c6ccccc6)c5c4)ccc3-c3ccc4c5ccccc5n(-c5ccccc5)c4c3)n2)=CCC1. The molecule has 3 aromatic heterocycles. The predicted octanol–water partition coefficient (Wildman–Crippen LogP) is 14.5. The maximum atomic E-state index is 5.32. The first kappa shape index (κ1) is 35.8. The fourth-order valence-electron chi connectivity index (χ4n) is 9.28. The third-order valence-corrected chi connectivity index (χ3v) is 12.2. The monoisotopic (exact) mass is 793 g/mol. The van der Waals surface area contributed by atoms with Crippen molar-refractivity contribution in [1.82, 2.24) is 24.1 Å². The van der Waals surface area contributed by atoms with Crippen LogP contribution in [0.2, 0.25) is 0 Å². The Morgan fingerprint density at radius 3 is 1.47 bits per heavy atom. The van der Waals surface area contributed by atoms with E-state index in [1.54, 1.807) is 0 Å². The number of fused-ring (bicyclic) bond motifs is 6. The van der Waals surface area contributed by atoms with Crippen molar-refractivity contribution in [1.29, 1.82) is 0 Å². The largest absolute Gasteiger partial charge is 0.309 e. The smallest absolute Gasteiger partial charge is 0.164 e. The zero-order chi connectivity index (χ0) is 41.0. The van der Waals surface area contributed by atoms with Crippen molar-refractivity contribution in [2.45, 2.75) is 12.8 Å². The van der Waals surface area contributed by atoms with Gasteiger partial charge in [0.25, 0.3) is 0 Å². The fourth-order valence-corrected chi connectivity index (χ4v) is 9.28. The molecule has 0 spiro atoms. The summed E-state index contributed by atoms with van der Waals surface area (Å²) in [5, 5.41) is 4.88. The summed E-state index contributed by atoms with van der Waals surface area (Å²) in [7, 11) is 0. The van der Waals surface area contributed by atoms with Crippen LogP contribution in [0.3, 0.4) is 0 Å². The maximum Gasteiger partial charge on any atom is 0.164 e. The lowest BCUT2D eigenvalue weighted by atomic mass is 9.93. The molecule has 0 N–H and O–H groups in total. The molecule has 62 heavy (non-hydrogen) atoms. The van der Waals surface area contributed by atoms with Crippen molar-refractivity contribution in [3.05, 3.63) is 218 Å². The molecule has 5 nitrogen and oxygen atoms in total. The van der Waals surface area contributed by atoms with Crippen LogP contribution in [-0.2, 0) is 0 Å². The number of hydrogen-bond acceptors (Lipinski definition) is 3. The van der Waals surface area contributed by atoms with Gasteiger partial charge in [-0.1, -0.05) is 158 Å². The van der Waals surface area contributed by atoms with E-state index < -0.39 is 0 Å². The van der Waals surface area contributed by atoms with Gasteiger partial charge in [-0.15, -0.1) is 0 Å². The highest BCUT2D eigenvalue weighted by atomic mass is 15.0. The molecule has 1 aliphatic carbocycles. The Bertz CT molecular complexity index is 3560. The molecular weight excluding hydrogens is 755 g/mol. The van der Waals surface area contributed by atoms with Gasteiger partial charge in [0.15, 0.2) is 17.5 Å². The van der Waals surface area contributed by atoms with Gasteiger partial charge in [0.2, 0.25) is 0 Å². The third-order valence-electron chi connectivity index (χ3n) is 12.2. The van der Waals surface area contributed by atoms with Gasteiger partial charge < -0.3 is 9.13 Å². The molecule has 8 aromatic carbocycles. The molecule has 5 heteroatoms. The van der Waals surface area contributed by atoms with E-state index in [0.717, 1.165) is 74.2 Å². The molecule has 12 rings (SSSR count). The second kappa shape index (κ2) is 14.8. The summed E-state index contributed by atoms with van der Waals surface area (Å²) in [6.45, 7) is 0. The van der Waals surface area contributed by atoms with Crippen molar-refractivity contribution in [2.75, 3.05) is 0 Å². The molecule has 0 fully saturated rings. The highest BCUT2D eigenvalue weighted by Gasteiger charge is 2.21. The minimum atomic E-state index is 0.633. The Kier molecular flexibility index (Phi) is 8.56. The number of hydrogen-bond donors (Lipinski definition) is 0. The van der Waals surface area contributed by atoms with Crippen LogP contribution in [-0.4, -0.2) is 24.1 Å². The first-order valence-electron chi connectivity index (χ1n) is 21.3. The van der Waals surface area contributed by atoms with E-state index in [0.29, 0.717) is 17.5 Å². The minimum absolute atomic E-state index is 0.633. The summed E-state index contributed by atoms with van der Waals surface area (Å²) < 4.78 is 4.75. The topological polar surface area (TPSA) is 48.5 Å². The minimum Gasteiger partial charge on any atom is -0.309 e. The van der Waals surface area contributed by atoms with Crippen molar-refractivity contribution in [2.24, 2.45) is 0 Å². The van der Waals surface area contributed by atoms with Crippen LogP contribution in [0, 0.1) is 0 Å². The van der Waals surface area contributed by atoms with Gasteiger partial charge in [-0.05, 0) is 89.7 Å². The van der Waals surface area contributed by atoms with Crippen LogP contribution in [0.5, 0.6) is 0 Å². The normalized spacial score (nSPS) is 12.7. The van der Waals surface area contributed by atoms with E-state index in [2.05, 4.69) is 203 Å². The van der Waals surface area contributed by atoms with Crippen molar-refractivity contribution >= 4 is 49.2 Å². The lowest BCUT2D eigenvalue weighted by Gasteiger charge is -2.16. The van der Waals surface area contributed by atoms with Gasteiger partial charge in [-0.3, -0.25) is 0 Å². The van der Waals surface area contributed by atoms with E-state index in [1.807, 2.05) is 18.2 Å². The van der Waals surface area contributed by atoms with Gasteiger partial charge in [-0.2, -0.15) is 0 Å². The van der Waals surface area contributed by atoms with Crippen LogP contribution < -0.4 is 0 Å². The van der Waals surface area contributed by atoms with E-state index in [-0.39, 0.29) is 0 Å². The molecule has 0 radical (unpaired) electrons. The third kappa shape index (κ3) is 6.05. The van der Waals surface area contributed by atoms with Gasteiger partial charge in [0.05, 0.1) is 22.1 Å². The second-order valence-corrected chi connectivity index (χ2v) is 15.9. The van der Waals surface area contributed by atoms with E-state index in [9.17, 15) is 0 Å². The number of rotatable bonds is 7. The van der Waals surface area contributed by atoms with E-state index in [4.69, 9.17) is 15.0 Å². The number of nitrogens with zero attached hydrogens (tertiary/aromatic N) is 5. The fraction of sp³-hybridized carbons (Fsp3) is 0.0351. The molecule has 0 bridgehead atoms. The molecule has 0 saturated carbocycles. The average molecular weight is 794 g/mol. The highest BCUT2D eigenvalue weighted by molar-refractivity contribution is 6.11. The van der Waals surface area contributed by atoms with Crippen LogP contribution in [0.15, 0.2) is 212 Å². The quantitative estimate of drug-likeness (QED) is 0.161. The summed E-state index contributed by atoms with van der Waals surface area (Å²) >= 11 is 0. The molecule has 0 atom stereocenters. The predicted molar refractivity (Wildman–Crippen MR) is 257 cm³/mol. The standard InChI is InChI=1S/C57H39N5/c1-5-17-38(18-6-1)55-58-56(39-19-7-2-8-20-39)60-57(59-55)50-35-40(41-30-33-48-46-25-13-15-27-51(46)61(53(48)36-41)43-21-9-3-10-22-43)29-32-45(50)42-31-34-49-47-26-14-16-28-52(47)62(54(49)37-42)44-23-11-4-12-24-44/h1,3-7,9-37H,2,8H2. The van der Waals surface area contributed by atoms with Gasteiger partial charge in [0.1, 0.15) is 0 Å². The zero-order valence-electron chi connectivity index (χ0n) is 33.9. The molecule has 0 unspecified atom stereocenters. The molecule has 1 aliphatic rings. The summed E-state index contributed by atoms with van der Waals surface area (Å²) in [6, 6.07) is 69.4. The maximum absolute atomic E-state index is 5.32. The molecule has 3 heterocycles. The summed E-state index contributed by atoms with van der Waals surface area (Å²) in [5.74, 6) is 1.96. The lowest BCUT2D eigenvalue weighted by molar-refractivity contribution is 1.01. The van der Waals surface area contributed by atoms with E-state index >= 15 is 0 Å². The number of para-hydroxylation sites is 4. The average Bonchev–Trinajstić information content (AvgIpc) is 3.87. The first-order valence-corrected chi connectivity index (χ1v) is 21.3. The Labute approximate surface area is 359 Å². The van der Waals surface area contributed by atoms with Crippen molar-refractivity contribution < 1.29 is 0 Å². The van der Waals surface area contributed by atoms with Crippen LogP contribution in [0.25, 0.3) is 106 Å². The van der Waals surface area contributed by atoms with Gasteiger partial charge >= 0.3 is 0 Å². The summed E-state index contributed by atoms with van der Waals surface area (Å²) in [5.41, 5.74) is 14.1. The highest BCUT2D eigenvalue weighted by Crippen LogP contribution is 2.41. The van der Waals surface area contributed by atoms with Crippen molar-refractivity contribution in [3.63, 3.8) is 0 Å². The Morgan fingerprint density at radius 1 is 0.339 bits per heavy atom. The summed E-state index contributed by atoms with van der Waals surface area (Å²) in [4.78, 5) is 15.7. The zero-order valence-corrected chi connectivity index (χ0v) is 33.9. The van der Waals surface area contributed by atoms with Crippen LogP contribution in [0.4, 0.5) is 0 Å². The van der Waals surface area contributed by atoms with E-state index in [1.165, 1.54) is 32.6 Å². The molecule has 292 valence electrons. The molecule has 0 saturated heterocycles. The first-order chi connectivity index (χ1) is 30.7. The van der Waals surface area contributed by atoms with Crippen LogP contribution >= 0.6 is 0 Å². The van der Waals surface area contributed by atoms with Crippen LogP contribution in [0.1, 0.15) is 18.7 Å². The molecular formula is C57H39N5. The Hall–Kier alpha value is -8.15. The summed E-state index contributed by atoms with van der Waals surface area (Å²) in [6.07, 6.45) is 8.55. The number of benzene rings is 8. The van der Waals surface area contributed by atoms with Gasteiger partial charge in [-0.25, -0.2) is 15.0 Å². The lowest BCUT2D eigenvalue weighted by Crippen LogP contribution is -2.04. The molecule has 11 aromatic rings. The van der Waals surface area contributed by atoms with Gasteiger partial charge in [0, 0.05) is 49.6 Å². The van der Waals surface area contributed by atoms with Crippen molar-refractivity contribution in [3.8, 4) is 56.4 Å². The Morgan fingerprint density at radius 2 is 0.839 bits per heavy atom. The molecule has 0 aliphatic heterocycles.